The zero-order valence-electron chi connectivity index (χ0n) is 18.5. The molecule has 0 aromatic carbocycles. The van der Waals surface area contributed by atoms with Crippen LogP contribution in [0.2, 0.25) is 0 Å². The molecule has 4 heterocycles. The first-order valence-electron chi connectivity index (χ1n) is 10.7. The molecule has 9 nitrogen and oxygen atoms in total. The number of oxazole rings is 1. The summed E-state index contributed by atoms with van der Waals surface area (Å²) in [7, 11) is 0. The van der Waals surface area contributed by atoms with Crippen LogP contribution in [0.5, 0.6) is 0 Å². The predicted molar refractivity (Wildman–Crippen MR) is 120 cm³/mol. The highest BCUT2D eigenvalue weighted by molar-refractivity contribution is 7.99. The number of amides is 2. The summed E-state index contributed by atoms with van der Waals surface area (Å²) in [5, 5.41) is 12.5. The third-order valence-corrected chi connectivity index (χ3v) is 6.56. The standard InChI is InChI=1S/C22H27N5O4S/c1-22(2,3)25-18(28)16-12-32-13-27(16)20(29)14-6-8-26(9-7-14)21-15(11-23)24-19(31-21)17-5-4-10-30-17/h4-5,10,14,16H,6-9,12-13H2,1-3H3,(H,25,28). The number of nitrogens with one attached hydrogen (secondary N) is 1. The van der Waals surface area contributed by atoms with Crippen molar-refractivity contribution in [1.82, 2.24) is 15.2 Å². The number of thioether (sulfide) groups is 1. The van der Waals surface area contributed by atoms with E-state index in [0.717, 1.165) is 0 Å². The van der Waals surface area contributed by atoms with Gasteiger partial charge in [0, 0.05) is 30.3 Å². The Bertz CT molecular complexity index is 1010. The van der Waals surface area contributed by atoms with Gasteiger partial charge in [-0.2, -0.15) is 10.2 Å². The van der Waals surface area contributed by atoms with Gasteiger partial charge in [-0.3, -0.25) is 9.59 Å². The Morgan fingerprint density at radius 2 is 2.06 bits per heavy atom. The van der Waals surface area contributed by atoms with Gasteiger partial charge in [0.1, 0.15) is 12.1 Å². The van der Waals surface area contributed by atoms with E-state index in [4.69, 9.17) is 8.83 Å². The van der Waals surface area contributed by atoms with Crippen LogP contribution < -0.4 is 10.2 Å². The summed E-state index contributed by atoms with van der Waals surface area (Å²) in [6.45, 7) is 6.94. The van der Waals surface area contributed by atoms with Crippen molar-refractivity contribution in [2.24, 2.45) is 5.92 Å². The van der Waals surface area contributed by atoms with Gasteiger partial charge in [-0.05, 0) is 45.7 Å². The van der Waals surface area contributed by atoms with Crippen LogP contribution in [0.25, 0.3) is 11.7 Å². The molecule has 0 radical (unpaired) electrons. The number of nitriles is 1. The van der Waals surface area contributed by atoms with Gasteiger partial charge in [0.25, 0.3) is 5.89 Å². The van der Waals surface area contributed by atoms with E-state index in [2.05, 4.69) is 16.4 Å². The molecule has 1 N–H and O–H groups in total. The molecule has 1 atom stereocenters. The van der Waals surface area contributed by atoms with E-state index < -0.39 is 6.04 Å². The maximum absolute atomic E-state index is 13.2. The van der Waals surface area contributed by atoms with E-state index in [1.165, 1.54) is 6.26 Å². The maximum atomic E-state index is 13.2. The largest absolute Gasteiger partial charge is 0.459 e. The average molecular weight is 458 g/mol. The Morgan fingerprint density at radius 1 is 1.31 bits per heavy atom. The number of aromatic nitrogens is 1. The zero-order chi connectivity index (χ0) is 22.9. The minimum Gasteiger partial charge on any atom is -0.459 e. The lowest BCUT2D eigenvalue weighted by Crippen LogP contribution is -2.54. The molecule has 0 aliphatic carbocycles. The summed E-state index contributed by atoms with van der Waals surface area (Å²) in [6, 6.07) is 5.10. The molecule has 2 amide bonds. The molecule has 2 aliphatic rings. The third-order valence-electron chi connectivity index (χ3n) is 5.54. The Hall–Kier alpha value is -2.93. The first-order chi connectivity index (χ1) is 15.3. The van der Waals surface area contributed by atoms with Crippen LogP contribution in [0, 0.1) is 17.2 Å². The van der Waals surface area contributed by atoms with Crippen molar-refractivity contribution in [2.45, 2.75) is 45.2 Å². The second-order valence-electron chi connectivity index (χ2n) is 9.09. The summed E-state index contributed by atoms with van der Waals surface area (Å²) < 4.78 is 11.1. The quantitative estimate of drug-likeness (QED) is 0.745. The second-order valence-corrected chi connectivity index (χ2v) is 10.1. The molecule has 0 bridgehead atoms. The fourth-order valence-electron chi connectivity index (χ4n) is 4.00. The highest BCUT2D eigenvalue weighted by Crippen LogP contribution is 2.33. The molecular weight excluding hydrogens is 430 g/mol. The van der Waals surface area contributed by atoms with Crippen molar-refractivity contribution in [1.29, 1.82) is 5.26 Å². The Labute approximate surface area is 191 Å². The van der Waals surface area contributed by atoms with Crippen molar-refractivity contribution in [3.63, 3.8) is 0 Å². The van der Waals surface area contributed by atoms with Crippen molar-refractivity contribution in [3.05, 3.63) is 24.1 Å². The molecule has 0 saturated carbocycles. The molecule has 2 fully saturated rings. The van der Waals surface area contributed by atoms with Crippen LogP contribution in [0.4, 0.5) is 5.88 Å². The summed E-state index contributed by atoms with van der Waals surface area (Å²) >= 11 is 1.61. The lowest BCUT2D eigenvalue weighted by Gasteiger charge is -2.34. The fourth-order valence-corrected chi connectivity index (χ4v) is 5.16. The smallest absolute Gasteiger partial charge is 0.266 e. The van der Waals surface area contributed by atoms with Crippen LogP contribution >= 0.6 is 11.8 Å². The van der Waals surface area contributed by atoms with Crippen LogP contribution in [-0.4, -0.2) is 58.0 Å². The Morgan fingerprint density at radius 3 is 2.69 bits per heavy atom. The van der Waals surface area contributed by atoms with Gasteiger partial charge in [0.05, 0.1) is 12.1 Å². The molecule has 2 aliphatic heterocycles. The molecule has 0 spiro atoms. The van der Waals surface area contributed by atoms with E-state index in [9.17, 15) is 14.9 Å². The molecular formula is C22H27N5O4S. The average Bonchev–Trinajstić information content (AvgIpc) is 3.52. The SMILES string of the molecule is CC(C)(C)NC(=O)C1CSCN1C(=O)C1CCN(c2oc(-c3ccco3)nc2C#N)CC1. The minimum absolute atomic E-state index is 0.0260. The van der Waals surface area contributed by atoms with E-state index in [-0.39, 0.29) is 34.9 Å². The number of nitrogens with zero attached hydrogens (tertiary/aromatic N) is 4. The third kappa shape index (κ3) is 4.63. The molecule has 2 saturated heterocycles. The summed E-state index contributed by atoms with van der Waals surface area (Å²) in [4.78, 5) is 33.8. The summed E-state index contributed by atoms with van der Waals surface area (Å²) in [5.41, 5.74) is -0.134. The van der Waals surface area contributed by atoms with Crippen LogP contribution in [-0.2, 0) is 9.59 Å². The minimum atomic E-state index is -0.430. The van der Waals surface area contributed by atoms with E-state index in [0.29, 0.717) is 49.2 Å². The topological polar surface area (TPSA) is 116 Å². The molecule has 2 aromatic heterocycles. The van der Waals surface area contributed by atoms with Gasteiger partial charge in [-0.25, -0.2) is 0 Å². The normalized spacial score (nSPS) is 19.8. The van der Waals surface area contributed by atoms with Gasteiger partial charge >= 0.3 is 0 Å². The van der Waals surface area contributed by atoms with E-state index >= 15 is 0 Å². The van der Waals surface area contributed by atoms with Crippen molar-refractivity contribution >= 4 is 29.5 Å². The molecule has 170 valence electrons. The van der Waals surface area contributed by atoms with Gasteiger partial charge < -0.3 is 24.0 Å². The second kappa shape index (κ2) is 8.90. The van der Waals surface area contributed by atoms with Crippen LogP contribution in [0.15, 0.2) is 27.2 Å². The van der Waals surface area contributed by atoms with Gasteiger partial charge in [-0.1, -0.05) is 0 Å². The zero-order valence-corrected chi connectivity index (χ0v) is 19.3. The van der Waals surface area contributed by atoms with Gasteiger partial charge in [0.2, 0.25) is 23.4 Å². The first-order valence-corrected chi connectivity index (χ1v) is 11.8. The number of hydrogen-bond donors (Lipinski definition) is 1. The molecule has 10 heteroatoms. The first kappa shape index (κ1) is 22.3. The number of piperidine rings is 1. The highest BCUT2D eigenvalue weighted by Gasteiger charge is 2.39. The monoisotopic (exact) mass is 457 g/mol. The number of anilines is 1. The summed E-state index contributed by atoms with van der Waals surface area (Å²) in [5.74, 6) is 2.06. The lowest BCUT2D eigenvalue weighted by molar-refractivity contribution is -0.142. The lowest BCUT2D eigenvalue weighted by atomic mass is 9.94. The number of rotatable bonds is 4. The number of furan rings is 1. The van der Waals surface area contributed by atoms with Gasteiger partial charge in [0.15, 0.2) is 5.76 Å². The van der Waals surface area contributed by atoms with Crippen molar-refractivity contribution in [2.75, 3.05) is 29.6 Å². The van der Waals surface area contributed by atoms with E-state index in [1.54, 1.807) is 28.8 Å². The van der Waals surface area contributed by atoms with E-state index in [1.807, 2.05) is 25.7 Å². The predicted octanol–water partition coefficient (Wildman–Crippen LogP) is 2.84. The van der Waals surface area contributed by atoms with Gasteiger partial charge in [-0.15, -0.1) is 11.8 Å². The van der Waals surface area contributed by atoms with Crippen molar-refractivity contribution < 1.29 is 18.4 Å². The molecule has 4 rings (SSSR count). The van der Waals surface area contributed by atoms with Crippen LogP contribution in [0.3, 0.4) is 0 Å². The van der Waals surface area contributed by atoms with Crippen molar-refractivity contribution in [3.8, 4) is 17.7 Å². The Balaban J connectivity index is 1.40. The molecule has 32 heavy (non-hydrogen) atoms. The fraction of sp³-hybridized carbons (Fsp3) is 0.545. The maximum Gasteiger partial charge on any atom is 0.266 e. The highest BCUT2D eigenvalue weighted by atomic mass is 32.2. The Kier molecular flexibility index (Phi) is 6.20. The van der Waals surface area contributed by atoms with Crippen LogP contribution in [0.1, 0.15) is 39.3 Å². The number of hydrogen-bond acceptors (Lipinski definition) is 8. The molecule has 1 unspecified atom stereocenters. The number of carbonyl (C=O) groups is 2. The summed E-state index contributed by atoms with van der Waals surface area (Å²) in [6.07, 6.45) is 2.76. The molecule has 2 aromatic rings. The number of carbonyl (C=O) groups excluding carboxylic acids is 2.